The standard InChI is InChI=1S/C18H14FNO3S/c19-15-11-10-14(13-6-2-1-3-7-13)12-16(15)20-24(22,23)18-9-5-4-8-17(18)21/h1-12,20-21H. The molecule has 6 heteroatoms. The summed E-state index contributed by atoms with van der Waals surface area (Å²) in [6.07, 6.45) is 0. The largest absolute Gasteiger partial charge is 0.507 e. The summed E-state index contributed by atoms with van der Waals surface area (Å²) >= 11 is 0. The number of hydrogen-bond donors (Lipinski definition) is 2. The molecule has 0 heterocycles. The lowest BCUT2D eigenvalue weighted by Gasteiger charge is -2.11. The summed E-state index contributed by atoms with van der Waals surface area (Å²) in [7, 11) is -4.11. The zero-order chi connectivity index (χ0) is 17.2. The van der Waals surface area contributed by atoms with Crippen molar-refractivity contribution in [2.45, 2.75) is 4.90 Å². The average molecular weight is 343 g/mol. The predicted molar refractivity (Wildman–Crippen MR) is 90.8 cm³/mol. The van der Waals surface area contributed by atoms with Crippen molar-refractivity contribution in [3.05, 3.63) is 78.6 Å². The highest BCUT2D eigenvalue weighted by atomic mass is 32.2. The number of aromatic hydroxyl groups is 1. The number of halogens is 1. The third kappa shape index (κ3) is 3.23. The first-order chi connectivity index (χ1) is 11.5. The Morgan fingerprint density at radius 3 is 2.21 bits per heavy atom. The van der Waals surface area contributed by atoms with E-state index in [2.05, 4.69) is 4.72 Å². The molecule has 0 aromatic heterocycles. The van der Waals surface area contributed by atoms with Crippen LogP contribution in [0.15, 0.2) is 77.7 Å². The Hall–Kier alpha value is -2.86. The molecule has 0 aliphatic rings. The van der Waals surface area contributed by atoms with Gasteiger partial charge in [-0.25, -0.2) is 12.8 Å². The smallest absolute Gasteiger partial charge is 0.265 e. The van der Waals surface area contributed by atoms with Crippen molar-refractivity contribution in [3.8, 4) is 16.9 Å². The number of para-hydroxylation sites is 1. The molecule has 0 saturated carbocycles. The number of phenolic OH excluding ortho intramolecular Hbond substituents is 1. The van der Waals surface area contributed by atoms with Gasteiger partial charge in [-0.1, -0.05) is 48.5 Å². The van der Waals surface area contributed by atoms with Gasteiger partial charge in [-0.2, -0.15) is 0 Å². The van der Waals surface area contributed by atoms with Gasteiger partial charge in [0.15, 0.2) is 0 Å². The third-order valence-corrected chi connectivity index (χ3v) is 4.89. The Morgan fingerprint density at radius 2 is 1.50 bits per heavy atom. The van der Waals surface area contributed by atoms with Crippen LogP contribution in [0.5, 0.6) is 5.75 Å². The van der Waals surface area contributed by atoms with Crippen LogP contribution in [0.25, 0.3) is 11.1 Å². The lowest BCUT2D eigenvalue weighted by Crippen LogP contribution is -2.14. The number of hydrogen-bond acceptors (Lipinski definition) is 3. The van der Waals surface area contributed by atoms with E-state index in [1.165, 1.54) is 36.4 Å². The zero-order valence-corrected chi connectivity index (χ0v) is 13.3. The normalized spacial score (nSPS) is 11.2. The van der Waals surface area contributed by atoms with Gasteiger partial charge in [-0.05, 0) is 35.4 Å². The summed E-state index contributed by atoms with van der Waals surface area (Å²) in [5, 5.41) is 9.71. The molecule has 3 aromatic carbocycles. The number of anilines is 1. The summed E-state index contributed by atoms with van der Waals surface area (Å²) < 4.78 is 41.0. The SMILES string of the molecule is O=S(=O)(Nc1cc(-c2ccccc2)ccc1F)c1ccccc1O. The molecule has 3 rings (SSSR count). The van der Waals surface area contributed by atoms with E-state index in [0.29, 0.717) is 5.56 Å². The molecule has 0 spiro atoms. The maximum atomic E-state index is 14.0. The van der Waals surface area contributed by atoms with Crippen LogP contribution in [0.2, 0.25) is 0 Å². The summed E-state index contributed by atoms with van der Waals surface area (Å²) in [6, 6.07) is 18.9. The van der Waals surface area contributed by atoms with Gasteiger partial charge in [0.1, 0.15) is 16.5 Å². The molecule has 0 atom stereocenters. The van der Waals surface area contributed by atoms with Crippen molar-refractivity contribution in [2.75, 3.05) is 4.72 Å². The van der Waals surface area contributed by atoms with E-state index < -0.39 is 21.6 Å². The predicted octanol–water partition coefficient (Wildman–Crippen LogP) is 4.00. The number of nitrogens with one attached hydrogen (secondary N) is 1. The number of benzene rings is 3. The van der Waals surface area contributed by atoms with E-state index in [9.17, 15) is 17.9 Å². The minimum absolute atomic E-state index is 0.181. The molecular weight excluding hydrogens is 329 g/mol. The van der Waals surface area contributed by atoms with Crippen LogP contribution >= 0.6 is 0 Å². The highest BCUT2D eigenvalue weighted by Crippen LogP contribution is 2.28. The molecule has 0 radical (unpaired) electrons. The summed E-state index contributed by atoms with van der Waals surface area (Å²) in [6.45, 7) is 0. The van der Waals surface area contributed by atoms with Crippen LogP contribution in [0, 0.1) is 5.82 Å². The van der Waals surface area contributed by atoms with Crippen LogP contribution in [-0.4, -0.2) is 13.5 Å². The van der Waals surface area contributed by atoms with Gasteiger partial charge in [-0.3, -0.25) is 4.72 Å². The van der Waals surface area contributed by atoms with Gasteiger partial charge >= 0.3 is 0 Å². The summed E-state index contributed by atoms with van der Waals surface area (Å²) in [5.74, 6) is -1.10. The number of phenols is 1. The molecule has 0 bridgehead atoms. The van der Waals surface area contributed by atoms with Crippen LogP contribution in [-0.2, 0) is 10.0 Å². The van der Waals surface area contributed by atoms with E-state index in [1.807, 2.05) is 30.3 Å². The Labute approximate surface area is 139 Å². The van der Waals surface area contributed by atoms with Gasteiger partial charge < -0.3 is 5.11 Å². The second-order valence-electron chi connectivity index (χ2n) is 5.13. The molecule has 122 valence electrons. The minimum Gasteiger partial charge on any atom is -0.507 e. The van der Waals surface area contributed by atoms with Gasteiger partial charge in [0.25, 0.3) is 10.0 Å². The first-order valence-corrected chi connectivity index (χ1v) is 8.61. The first kappa shape index (κ1) is 16.0. The van der Waals surface area contributed by atoms with Crippen molar-refractivity contribution in [1.82, 2.24) is 0 Å². The summed E-state index contributed by atoms with van der Waals surface area (Å²) in [5.41, 5.74) is 1.33. The van der Waals surface area contributed by atoms with E-state index in [-0.39, 0.29) is 10.6 Å². The van der Waals surface area contributed by atoms with E-state index in [1.54, 1.807) is 6.07 Å². The Morgan fingerprint density at radius 1 is 0.833 bits per heavy atom. The quantitative estimate of drug-likeness (QED) is 0.752. The van der Waals surface area contributed by atoms with Gasteiger partial charge in [-0.15, -0.1) is 0 Å². The molecule has 0 unspecified atom stereocenters. The molecule has 0 saturated heterocycles. The number of rotatable bonds is 4. The minimum atomic E-state index is -4.11. The molecule has 3 aromatic rings. The molecule has 0 aliphatic carbocycles. The fourth-order valence-corrected chi connectivity index (χ4v) is 3.45. The fraction of sp³-hybridized carbons (Fsp3) is 0. The molecule has 4 nitrogen and oxygen atoms in total. The van der Waals surface area contributed by atoms with E-state index >= 15 is 0 Å². The highest BCUT2D eigenvalue weighted by Gasteiger charge is 2.20. The van der Waals surface area contributed by atoms with Gasteiger partial charge in [0.2, 0.25) is 0 Å². The average Bonchev–Trinajstić information content (AvgIpc) is 2.58. The molecular formula is C18H14FNO3S. The van der Waals surface area contributed by atoms with Crippen LogP contribution < -0.4 is 4.72 Å². The monoisotopic (exact) mass is 343 g/mol. The second-order valence-corrected chi connectivity index (χ2v) is 6.78. The van der Waals surface area contributed by atoms with Crippen molar-refractivity contribution < 1.29 is 17.9 Å². The van der Waals surface area contributed by atoms with Crippen molar-refractivity contribution >= 4 is 15.7 Å². The zero-order valence-electron chi connectivity index (χ0n) is 12.5. The van der Waals surface area contributed by atoms with E-state index in [0.717, 1.165) is 5.56 Å². The first-order valence-electron chi connectivity index (χ1n) is 7.13. The van der Waals surface area contributed by atoms with Gasteiger partial charge in [0, 0.05) is 0 Å². The molecule has 0 amide bonds. The maximum absolute atomic E-state index is 14.0. The highest BCUT2D eigenvalue weighted by molar-refractivity contribution is 7.92. The fourth-order valence-electron chi connectivity index (χ4n) is 2.30. The van der Waals surface area contributed by atoms with Gasteiger partial charge in [0.05, 0.1) is 5.69 Å². The maximum Gasteiger partial charge on any atom is 0.265 e. The van der Waals surface area contributed by atoms with Crippen LogP contribution in [0.3, 0.4) is 0 Å². The third-order valence-electron chi connectivity index (χ3n) is 3.47. The van der Waals surface area contributed by atoms with E-state index in [4.69, 9.17) is 0 Å². The van der Waals surface area contributed by atoms with Crippen molar-refractivity contribution in [2.24, 2.45) is 0 Å². The van der Waals surface area contributed by atoms with Crippen LogP contribution in [0.1, 0.15) is 0 Å². The molecule has 2 N–H and O–H groups in total. The topological polar surface area (TPSA) is 66.4 Å². The van der Waals surface area contributed by atoms with Crippen molar-refractivity contribution in [3.63, 3.8) is 0 Å². The Balaban J connectivity index is 2.00. The Kier molecular flexibility index (Phi) is 4.22. The molecule has 0 aliphatic heterocycles. The lowest BCUT2D eigenvalue weighted by atomic mass is 10.1. The molecule has 24 heavy (non-hydrogen) atoms. The Bertz CT molecular complexity index is 973. The molecule has 0 fully saturated rings. The summed E-state index contributed by atoms with van der Waals surface area (Å²) in [4.78, 5) is -0.311. The van der Waals surface area contributed by atoms with Crippen LogP contribution in [0.4, 0.5) is 10.1 Å². The second kappa shape index (κ2) is 6.33. The lowest BCUT2D eigenvalue weighted by molar-refractivity contribution is 0.459. The number of sulfonamides is 1. The van der Waals surface area contributed by atoms with Crippen molar-refractivity contribution in [1.29, 1.82) is 0 Å².